The van der Waals surface area contributed by atoms with Gasteiger partial charge in [0.25, 0.3) is 5.91 Å². The Kier molecular flexibility index (Phi) is 8.14. The van der Waals surface area contributed by atoms with E-state index < -0.39 is 23.3 Å². The van der Waals surface area contributed by atoms with Crippen LogP contribution in [0.4, 0.5) is 0 Å². The van der Waals surface area contributed by atoms with Crippen molar-refractivity contribution in [1.29, 1.82) is 0 Å². The first-order valence-corrected chi connectivity index (χ1v) is 14.7. The van der Waals surface area contributed by atoms with Crippen LogP contribution < -0.4 is 5.32 Å². The van der Waals surface area contributed by atoms with E-state index in [4.69, 9.17) is 23.2 Å². The van der Waals surface area contributed by atoms with Gasteiger partial charge in [-0.2, -0.15) is 5.10 Å². The number of pyridine rings is 1. The van der Waals surface area contributed by atoms with Crippen LogP contribution in [-0.2, 0) is 14.4 Å². The molecule has 0 aliphatic carbocycles. The minimum Gasteiger partial charge on any atom is -0.477 e. The molecule has 2 aliphatic rings. The summed E-state index contributed by atoms with van der Waals surface area (Å²) in [5, 5.41) is 20.8. The number of halogens is 2. The van der Waals surface area contributed by atoms with Crippen molar-refractivity contribution in [2.45, 2.75) is 21.3 Å². The van der Waals surface area contributed by atoms with Crippen molar-refractivity contribution in [2.75, 3.05) is 17.3 Å². The number of rotatable bonds is 9. The molecule has 0 spiro atoms. The van der Waals surface area contributed by atoms with Gasteiger partial charge in [0, 0.05) is 16.4 Å². The van der Waals surface area contributed by atoms with E-state index >= 15 is 0 Å². The molecule has 11 nitrogen and oxygen atoms in total. The van der Waals surface area contributed by atoms with Crippen molar-refractivity contribution in [3.05, 3.63) is 58.4 Å². The summed E-state index contributed by atoms with van der Waals surface area (Å²) in [4.78, 5) is 51.6. The van der Waals surface area contributed by atoms with Crippen LogP contribution in [0.3, 0.4) is 0 Å². The lowest BCUT2D eigenvalue weighted by molar-refractivity contribution is -0.150. The molecule has 196 valence electrons. The number of H-pyrrole nitrogens is 1. The van der Waals surface area contributed by atoms with Gasteiger partial charge in [-0.1, -0.05) is 35.4 Å². The number of carboxylic acids is 1. The summed E-state index contributed by atoms with van der Waals surface area (Å²) in [5.41, 5.74) is 1.09. The minimum atomic E-state index is -1.20. The molecule has 2 atom stereocenters. The summed E-state index contributed by atoms with van der Waals surface area (Å²) in [6.45, 7) is 0. The molecule has 0 aromatic carbocycles. The number of thioether (sulfide) groups is 3. The van der Waals surface area contributed by atoms with Gasteiger partial charge in [-0.05, 0) is 17.7 Å². The Hall–Kier alpha value is -2.78. The fourth-order valence-electron chi connectivity index (χ4n) is 3.84. The Morgan fingerprint density at radius 3 is 2.82 bits per heavy atom. The number of hydrogen-bond acceptors (Lipinski definition) is 10. The monoisotopic (exact) mass is 609 g/mol. The van der Waals surface area contributed by atoms with Crippen LogP contribution >= 0.6 is 58.5 Å². The summed E-state index contributed by atoms with van der Waals surface area (Å²) in [6.07, 6.45) is 6.64. The maximum Gasteiger partial charge on any atom is 0.352 e. The number of fused-ring (bicyclic) bond motifs is 2. The molecule has 2 aliphatic heterocycles. The summed E-state index contributed by atoms with van der Waals surface area (Å²) in [5.74, 6) is -1.08. The van der Waals surface area contributed by atoms with Gasteiger partial charge in [0.05, 0.1) is 17.3 Å². The quantitative estimate of drug-likeness (QED) is 0.142. The number of allylic oxidation sites excluding steroid dienone is 1. The van der Waals surface area contributed by atoms with Gasteiger partial charge < -0.3 is 10.4 Å². The zero-order valence-corrected chi connectivity index (χ0v) is 23.1. The van der Waals surface area contributed by atoms with E-state index in [-0.39, 0.29) is 27.7 Å². The summed E-state index contributed by atoms with van der Waals surface area (Å²) < 4.78 is 0. The van der Waals surface area contributed by atoms with Crippen LogP contribution in [0.25, 0.3) is 11.0 Å². The maximum absolute atomic E-state index is 12.9. The average molecular weight is 611 g/mol. The van der Waals surface area contributed by atoms with E-state index in [1.165, 1.54) is 46.5 Å². The van der Waals surface area contributed by atoms with Gasteiger partial charge in [-0.15, -0.1) is 35.3 Å². The number of hydrogen-bond donors (Lipinski definition) is 3. The largest absolute Gasteiger partial charge is 0.477 e. The summed E-state index contributed by atoms with van der Waals surface area (Å²) in [7, 11) is 0. The molecule has 1 fully saturated rings. The molecule has 5 rings (SSSR count). The Bertz CT molecular complexity index is 1480. The first-order valence-electron chi connectivity index (χ1n) is 10.9. The van der Waals surface area contributed by atoms with Gasteiger partial charge in [-0.25, -0.2) is 19.7 Å². The zero-order chi connectivity index (χ0) is 26.8. The molecule has 3 N–H and O–H groups in total. The molecule has 5 heterocycles. The number of aromatic amines is 1. The van der Waals surface area contributed by atoms with Crippen LogP contribution in [0, 0.1) is 0 Å². The predicted octanol–water partition coefficient (Wildman–Crippen LogP) is 3.23. The highest BCUT2D eigenvalue weighted by Crippen LogP contribution is 2.41. The summed E-state index contributed by atoms with van der Waals surface area (Å²) in [6, 6.07) is 2.37. The highest BCUT2D eigenvalue weighted by atomic mass is 35.5. The molecule has 16 heteroatoms. The molecular weight excluding hydrogens is 593 g/mol. The maximum atomic E-state index is 12.9. The predicted molar refractivity (Wildman–Crippen MR) is 146 cm³/mol. The number of aliphatic carboxylic acids is 1. The van der Waals surface area contributed by atoms with E-state index in [0.717, 1.165) is 10.4 Å². The lowest BCUT2D eigenvalue weighted by atomic mass is 10.0. The molecule has 2 amide bonds. The molecule has 1 saturated heterocycles. The highest BCUT2D eigenvalue weighted by Gasteiger charge is 2.53. The molecule has 38 heavy (non-hydrogen) atoms. The van der Waals surface area contributed by atoms with Crippen LogP contribution in [0.1, 0.15) is 0 Å². The van der Waals surface area contributed by atoms with Crippen LogP contribution in [0.15, 0.2) is 58.0 Å². The Morgan fingerprint density at radius 1 is 1.26 bits per heavy atom. The average Bonchev–Trinajstić information content (AvgIpc) is 3.37. The number of nitrogens with one attached hydrogen (secondary N) is 2. The first-order chi connectivity index (χ1) is 18.3. The van der Waals surface area contributed by atoms with Crippen LogP contribution in [0.5, 0.6) is 0 Å². The minimum absolute atomic E-state index is 0.0303. The van der Waals surface area contributed by atoms with E-state index in [2.05, 4.69) is 30.5 Å². The van der Waals surface area contributed by atoms with Crippen molar-refractivity contribution < 1.29 is 19.5 Å². The van der Waals surface area contributed by atoms with Crippen LogP contribution in [0.2, 0.25) is 10.3 Å². The Labute approximate surface area is 238 Å². The third-order valence-electron chi connectivity index (χ3n) is 5.47. The molecular formula is C22H17Cl2N7O4S3. The molecule has 3 aromatic heterocycles. The number of aromatic nitrogens is 5. The lowest BCUT2D eigenvalue weighted by Crippen LogP contribution is -2.70. The van der Waals surface area contributed by atoms with E-state index in [1.54, 1.807) is 24.4 Å². The second kappa shape index (κ2) is 11.5. The normalized spacial score (nSPS) is 19.1. The van der Waals surface area contributed by atoms with Gasteiger partial charge in [0.2, 0.25) is 5.91 Å². The van der Waals surface area contributed by atoms with Crippen molar-refractivity contribution >= 4 is 87.3 Å². The SMILES string of the molecule is O=C(CSc1cc(Cl)nc(Cl)c1)N[C@@H]1C(=O)N2C(C(=O)O)=C(/C=C/CSc3ncnc4[nH]ncc34)CS[C@H]12. The number of β-lactam (4-membered cyclic amide) rings is 1. The van der Waals surface area contributed by atoms with Gasteiger partial charge in [0.15, 0.2) is 5.65 Å². The smallest absolute Gasteiger partial charge is 0.352 e. The van der Waals surface area contributed by atoms with E-state index in [9.17, 15) is 19.5 Å². The number of amides is 2. The Balaban J connectivity index is 1.20. The molecule has 0 bridgehead atoms. The highest BCUT2D eigenvalue weighted by molar-refractivity contribution is 8.00. The zero-order valence-electron chi connectivity index (χ0n) is 19.1. The van der Waals surface area contributed by atoms with Gasteiger partial charge in [0.1, 0.15) is 38.8 Å². The van der Waals surface area contributed by atoms with Crippen molar-refractivity contribution in [3.63, 3.8) is 0 Å². The van der Waals surface area contributed by atoms with Crippen molar-refractivity contribution in [1.82, 2.24) is 35.4 Å². The van der Waals surface area contributed by atoms with Gasteiger partial charge >= 0.3 is 5.97 Å². The number of carboxylic acid groups (broad SMARTS) is 1. The second-order valence-electron chi connectivity index (χ2n) is 7.90. The number of carbonyl (C=O) groups excluding carboxylic acids is 2. The first kappa shape index (κ1) is 26.8. The van der Waals surface area contributed by atoms with Crippen molar-refractivity contribution in [3.8, 4) is 0 Å². The van der Waals surface area contributed by atoms with E-state index in [1.807, 2.05) is 6.08 Å². The standard InChI is InChI=1S/C22H17Cl2N7O4S3/c23-13-4-11(5-14(24)28-13)37-8-15(32)29-16-20(33)31-17(22(34)35)10(7-38-21(16)31)2-1-3-36-19-12-6-27-30-18(12)25-9-26-19/h1-2,4-6,9,16,21H,3,7-8H2,(H,29,32)(H,34,35)(H,25,26,27,30)/b2-1+/t16-,21-/m1/s1. The molecule has 3 aromatic rings. The Morgan fingerprint density at radius 2 is 2.05 bits per heavy atom. The van der Waals surface area contributed by atoms with Gasteiger partial charge in [-0.3, -0.25) is 19.6 Å². The third kappa shape index (κ3) is 5.64. The van der Waals surface area contributed by atoms with Crippen LogP contribution in [-0.4, -0.2) is 81.6 Å². The molecule has 0 unspecified atom stereocenters. The molecule has 0 saturated carbocycles. The fraction of sp³-hybridized carbons (Fsp3) is 0.227. The topological polar surface area (TPSA) is 154 Å². The van der Waals surface area contributed by atoms with E-state index in [0.29, 0.717) is 27.6 Å². The molecule has 0 radical (unpaired) electrons. The number of carbonyl (C=O) groups is 3. The lowest BCUT2D eigenvalue weighted by Gasteiger charge is -2.49. The van der Waals surface area contributed by atoms with Crippen molar-refractivity contribution in [2.24, 2.45) is 0 Å². The second-order valence-corrected chi connectivity index (χ2v) is 11.8. The summed E-state index contributed by atoms with van der Waals surface area (Å²) >= 11 is 15.8. The fourth-order valence-corrected chi connectivity index (χ4v) is 7.29. The number of nitrogens with zero attached hydrogens (tertiary/aromatic N) is 5. The third-order valence-corrected chi connectivity index (χ3v) is 9.09.